The highest BCUT2D eigenvalue weighted by Gasteiger charge is 2.32. The van der Waals surface area contributed by atoms with Crippen molar-refractivity contribution < 1.29 is 14.4 Å². The molecule has 0 saturated carbocycles. The van der Waals surface area contributed by atoms with Gasteiger partial charge < -0.3 is 16.0 Å². The van der Waals surface area contributed by atoms with Crippen LogP contribution in [0, 0.1) is 0 Å². The van der Waals surface area contributed by atoms with Crippen LogP contribution in [0.5, 0.6) is 0 Å². The molecule has 1 aliphatic rings. The summed E-state index contributed by atoms with van der Waals surface area (Å²) >= 11 is 0. The molecule has 1 fully saturated rings. The fraction of sp³-hybridized carbons (Fsp3) is 0.357. The Bertz CT molecular complexity index is 556. The second-order valence-corrected chi connectivity index (χ2v) is 4.96. The first-order valence-corrected chi connectivity index (χ1v) is 6.68. The van der Waals surface area contributed by atoms with E-state index in [0.29, 0.717) is 17.8 Å². The number of nitrogens with two attached hydrogens (primary N) is 1. The number of likely N-dealkylation sites (N-methyl/N-ethyl adjacent to an activating group) is 1. The molecule has 0 unspecified atom stereocenters. The highest BCUT2D eigenvalue weighted by molar-refractivity contribution is 6.01. The van der Waals surface area contributed by atoms with E-state index in [1.165, 1.54) is 9.80 Å². The van der Waals surface area contributed by atoms with E-state index in [4.69, 9.17) is 5.73 Å². The van der Waals surface area contributed by atoms with Gasteiger partial charge in [-0.15, -0.1) is 0 Å². The molecular weight excluding hydrogens is 272 g/mol. The third-order valence-electron chi connectivity index (χ3n) is 3.21. The number of nitrogens with one attached hydrogen (secondary N) is 1. The lowest BCUT2D eigenvalue weighted by molar-refractivity contribution is -0.125. The number of carbonyl (C=O) groups is 3. The minimum Gasteiger partial charge on any atom is -0.399 e. The van der Waals surface area contributed by atoms with Crippen LogP contribution in [0.3, 0.4) is 0 Å². The quantitative estimate of drug-likeness (QED) is 0.621. The van der Waals surface area contributed by atoms with Gasteiger partial charge in [-0.05, 0) is 30.7 Å². The summed E-state index contributed by atoms with van der Waals surface area (Å²) in [4.78, 5) is 37.5. The van der Waals surface area contributed by atoms with E-state index in [9.17, 15) is 14.4 Å². The van der Waals surface area contributed by atoms with E-state index in [0.717, 1.165) is 0 Å². The Morgan fingerprint density at radius 3 is 2.52 bits per heavy atom. The lowest BCUT2D eigenvalue weighted by Gasteiger charge is -2.13. The molecule has 1 aromatic rings. The molecule has 4 amide bonds. The molecule has 0 radical (unpaired) electrons. The minimum atomic E-state index is -0.307. The van der Waals surface area contributed by atoms with Gasteiger partial charge in [0, 0.05) is 31.4 Å². The van der Waals surface area contributed by atoms with E-state index in [1.54, 1.807) is 31.3 Å². The number of anilines is 2. The lowest BCUT2D eigenvalue weighted by atomic mass is 10.2. The first kappa shape index (κ1) is 14.8. The molecular formula is C14H18N4O3. The molecule has 0 aromatic heterocycles. The fourth-order valence-corrected chi connectivity index (χ4v) is 2.08. The molecule has 112 valence electrons. The lowest BCUT2D eigenvalue weighted by Crippen LogP contribution is -2.32. The Morgan fingerprint density at radius 2 is 1.95 bits per heavy atom. The Hall–Kier alpha value is -2.57. The SMILES string of the molecule is CN1CC(=O)N(CCCC(=O)Nc2ccc(N)cc2)C1=O. The molecule has 1 aromatic carbocycles. The van der Waals surface area contributed by atoms with Crippen molar-refractivity contribution in [2.45, 2.75) is 12.8 Å². The van der Waals surface area contributed by atoms with Crippen LogP contribution in [-0.2, 0) is 9.59 Å². The molecule has 1 heterocycles. The maximum Gasteiger partial charge on any atom is 0.326 e. The predicted octanol–water partition coefficient (Wildman–Crippen LogP) is 0.881. The second-order valence-electron chi connectivity index (χ2n) is 4.96. The molecule has 0 atom stereocenters. The van der Waals surface area contributed by atoms with Crippen molar-refractivity contribution in [2.75, 3.05) is 31.2 Å². The molecule has 0 spiro atoms. The highest BCUT2D eigenvalue weighted by Crippen LogP contribution is 2.12. The van der Waals surface area contributed by atoms with Crippen molar-refractivity contribution >= 4 is 29.2 Å². The fourth-order valence-electron chi connectivity index (χ4n) is 2.08. The van der Waals surface area contributed by atoms with Crippen LogP contribution >= 0.6 is 0 Å². The van der Waals surface area contributed by atoms with Crippen LogP contribution in [0.25, 0.3) is 0 Å². The van der Waals surface area contributed by atoms with E-state index < -0.39 is 0 Å². The summed E-state index contributed by atoms with van der Waals surface area (Å²) in [5.41, 5.74) is 6.86. The normalized spacial score (nSPS) is 14.7. The van der Waals surface area contributed by atoms with E-state index >= 15 is 0 Å². The summed E-state index contributed by atoms with van der Waals surface area (Å²) < 4.78 is 0. The van der Waals surface area contributed by atoms with Gasteiger partial charge in [0.2, 0.25) is 11.8 Å². The summed E-state index contributed by atoms with van der Waals surface area (Å²) in [6, 6.07) is 6.53. The average Bonchev–Trinajstić information content (AvgIpc) is 2.68. The van der Waals surface area contributed by atoms with Crippen LogP contribution in [0.4, 0.5) is 16.2 Å². The number of amides is 4. The molecule has 7 heteroatoms. The van der Waals surface area contributed by atoms with Crippen molar-refractivity contribution in [1.82, 2.24) is 9.80 Å². The number of urea groups is 1. The first-order valence-electron chi connectivity index (χ1n) is 6.68. The molecule has 3 N–H and O–H groups in total. The number of hydrogen-bond donors (Lipinski definition) is 2. The summed E-state index contributed by atoms with van der Waals surface area (Å²) in [5, 5.41) is 2.73. The Balaban J connectivity index is 1.76. The largest absolute Gasteiger partial charge is 0.399 e. The third-order valence-corrected chi connectivity index (χ3v) is 3.21. The van der Waals surface area contributed by atoms with Gasteiger partial charge in [-0.1, -0.05) is 0 Å². The zero-order valence-electron chi connectivity index (χ0n) is 11.8. The first-order chi connectivity index (χ1) is 9.97. The average molecular weight is 290 g/mol. The summed E-state index contributed by atoms with van der Waals surface area (Å²) in [7, 11) is 1.58. The van der Waals surface area contributed by atoms with Crippen molar-refractivity contribution in [2.24, 2.45) is 0 Å². The Morgan fingerprint density at radius 1 is 1.29 bits per heavy atom. The second kappa shape index (κ2) is 6.25. The summed E-state index contributed by atoms with van der Waals surface area (Å²) in [6.07, 6.45) is 0.678. The molecule has 0 bridgehead atoms. The van der Waals surface area contributed by atoms with Gasteiger partial charge in [-0.3, -0.25) is 14.5 Å². The summed E-state index contributed by atoms with van der Waals surface area (Å²) in [6.45, 7) is 0.369. The summed E-state index contributed by atoms with van der Waals surface area (Å²) in [5.74, 6) is -0.381. The molecule has 2 rings (SSSR count). The molecule has 0 aliphatic carbocycles. The molecule has 21 heavy (non-hydrogen) atoms. The number of rotatable bonds is 5. The zero-order valence-corrected chi connectivity index (χ0v) is 11.8. The van der Waals surface area contributed by atoms with E-state index in [-0.39, 0.29) is 37.4 Å². The van der Waals surface area contributed by atoms with Crippen LogP contribution in [-0.4, -0.2) is 47.8 Å². The predicted molar refractivity (Wildman–Crippen MR) is 78.5 cm³/mol. The standard InChI is InChI=1S/C14H18N4O3/c1-17-9-13(20)18(14(17)21)8-2-3-12(19)16-11-6-4-10(15)5-7-11/h4-7H,2-3,8-9,15H2,1H3,(H,16,19). The van der Waals surface area contributed by atoms with E-state index in [2.05, 4.69) is 5.32 Å². The van der Waals surface area contributed by atoms with E-state index in [1.807, 2.05) is 0 Å². The van der Waals surface area contributed by atoms with Crippen LogP contribution in [0.2, 0.25) is 0 Å². The van der Waals surface area contributed by atoms with Gasteiger partial charge >= 0.3 is 6.03 Å². The van der Waals surface area contributed by atoms with Gasteiger partial charge in [0.05, 0.1) is 0 Å². The topological polar surface area (TPSA) is 95.7 Å². The number of imide groups is 1. The number of hydrogen-bond acceptors (Lipinski definition) is 4. The number of nitrogen functional groups attached to an aromatic ring is 1. The van der Waals surface area contributed by atoms with Gasteiger partial charge in [0.15, 0.2) is 0 Å². The Labute approximate surface area is 122 Å². The number of benzene rings is 1. The monoisotopic (exact) mass is 290 g/mol. The van der Waals surface area contributed by atoms with Gasteiger partial charge in [-0.2, -0.15) is 0 Å². The molecule has 1 aliphatic heterocycles. The maximum atomic E-state index is 11.8. The van der Waals surface area contributed by atoms with Gasteiger partial charge in [0.1, 0.15) is 6.54 Å². The van der Waals surface area contributed by atoms with Crippen molar-refractivity contribution in [3.8, 4) is 0 Å². The van der Waals surface area contributed by atoms with Crippen molar-refractivity contribution in [1.29, 1.82) is 0 Å². The Kier molecular flexibility index (Phi) is 4.42. The maximum absolute atomic E-state index is 11.8. The van der Waals surface area contributed by atoms with Gasteiger partial charge in [0.25, 0.3) is 0 Å². The highest BCUT2D eigenvalue weighted by atomic mass is 16.2. The van der Waals surface area contributed by atoms with Crippen molar-refractivity contribution in [3.05, 3.63) is 24.3 Å². The van der Waals surface area contributed by atoms with Crippen LogP contribution < -0.4 is 11.1 Å². The van der Waals surface area contributed by atoms with Gasteiger partial charge in [-0.25, -0.2) is 4.79 Å². The number of carbonyl (C=O) groups excluding carboxylic acids is 3. The number of nitrogens with zero attached hydrogens (tertiary/aromatic N) is 2. The minimum absolute atomic E-state index is 0.108. The molecule has 1 saturated heterocycles. The smallest absolute Gasteiger partial charge is 0.326 e. The zero-order chi connectivity index (χ0) is 15.4. The van der Waals surface area contributed by atoms with Crippen LogP contribution in [0.15, 0.2) is 24.3 Å². The van der Waals surface area contributed by atoms with Crippen LogP contribution in [0.1, 0.15) is 12.8 Å². The van der Waals surface area contributed by atoms with Crippen molar-refractivity contribution in [3.63, 3.8) is 0 Å². The third kappa shape index (κ3) is 3.71. The molecule has 7 nitrogen and oxygen atoms in total.